The van der Waals surface area contributed by atoms with Crippen LogP contribution in [0.25, 0.3) is 22.1 Å². The van der Waals surface area contributed by atoms with Crippen molar-refractivity contribution in [1.29, 1.82) is 0 Å². The van der Waals surface area contributed by atoms with Crippen LogP contribution in [-0.2, 0) is 6.54 Å². The molecule has 4 rings (SSSR count). The Kier molecular flexibility index (Phi) is 4.64. The topological polar surface area (TPSA) is 43.6 Å². The largest absolute Gasteiger partial charge is 0.319 e. The van der Waals surface area contributed by atoms with Gasteiger partial charge in [-0.25, -0.2) is 4.98 Å². The number of aromatic nitrogens is 4. The van der Waals surface area contributed by atoms with Gasteiger partial charge in [0.25, 0.3) is 0 Å². The van der Waals surface area contributed by atoms with E-state index < -0.39 is 0 Å². The van der Waals surface area contributed by atoms with Crippen molar-refractivity contribution >= 4 is 33.8 Å². The van der Waals surface area contributed by atoms with Crippen LogP contribution in [0.1, 0.15) is 25.0 Å². The first kappa shape index (κ1) is 17.0. The number of aryl methyl sites for hydroxylation is 1. The molecular weight excluding hydrogens is 340 g/mol. The van der Waals surface area contributed by atoms with Gasteiger partial charge in [0.05, 0.1) is 5.52 Å². The second-order valence-electron chi connectivity index (χ2n) is 7.06. The van der Waals surface area contributed by atoms with E-state index in [9.17, 15) is 0 Å². The minimum atomic E-state index is 0.595. The molecular formula is C21H22N4S. The number of hydrogen-bond donors (Lipinski definition) is 0. The third-order valence-corrected chi connectivity index (χ3v) is 5.60. The minimum absolute atomic E-state index is 0.595. The van der Waals surface area contributed by atoms with E-state index in [1.807, 2.05) is 6.07 Å². The number of benzene rings is 2. The maximum atomic E-state index is 4.86. The van der Waals surface area contributed by atoms with Gasteiger partial charge in [-0.2, -0.15) is 0 Å². The van der Waals surface area contributed by atoms with Crippen molar-refractivity contribution in [1.82, 2.24) is 19.7 Å². The summed E-state index contributed by atoms with van der Waals surface area (Å²) >= 11 is 1.67. The summed E-state index contributed by atoms with van der Waals surface area (Å²) in [4.78, 5) is 4.86. The van der Waals surface area contributed by atoms with Crippen LogP contribution in [0.5, 0.6) is 0 Å². The average molecular weight is 363 g/mol. The van der Waals surface area contributed by atoms with Crippen LogP contribution in [-0.4, -0.2) is 25.5 Å². The van der Waals surface area contributed by atoms with Gasteiger partial charge in [-0.15, -0.1) is 10.2 Å². The minimum Gasteiger partial charge on any atom is -0.319 e. The lowest BCUT2D eigenvalue weighted by Crippen LogP contribution is -2.03. The molecule has 0 unspecified atom stereocenters. The van der Waals surface area contributed by atoms with Crippen LogP contribution < -0.4 is 0 Å². The summed E-state index contributed by atoms with van der Waals surface area (Å²) in [5.41, 5.74) is 5.42. The molecule has 0 spiro atoms. The maximum Gasteiger partial charge on any atom is 0.211 e. The second-order valence-corrected chi connectivity index (χ2v) is 8.05. The highest BCUT2D eigenvalue weighted by atomic mass is 32.2. The molecule has 132 valence electrons. The average Bonchev–Trinajstić information content (AvgIpc) is 2.93. The summed E-state index contributed by atoms with van der Waals surface area (Å²) in [6.45, 7) is 7.28. The Hall–Kier alpha value is -2.40. The van der Waals surface area contributed by atoms with Crippen LogP contribution in [0, 0.1) is 12.8 Å². The zero-order valence-corrected chi connectivity index (χ0v) is 16.1. The molecule has 26 heavy (non-hydrogen) atoms. The van der Waals surface area contributed by atoms with E-state index in [-0.39, 0.29) is 0 Å². The summed E-state index contributed by atoms with van der Waals surface area (Å²) in [6, 6.07) is 17.0. The van der Waals surface area contributed by atoms with Gasteiger partial charge in [0.15, 0.2) is 5.65 Å². The van der Waals surface area contributed by atoms with E-state index in [0.29, 0.717) is 5.92 Å². The van der Waals surface area contributed by atoms with Crippen molar-refractivity contribution in [3.63, 3.8) is 0 Å². The highest BCUT2D eigenvalue weighted by molar-refractivity contribution is 7.99. The fourth-order valence-corrected chi connectivity index (χ4v) is 3.82. The Labute approximate surface area is 157 Å². The molecule has 0 fully saturated rings. The van der Waals surface area contributed by atoms with Crippen molar-refractivity contribution in [3.8, 4) is 0 Å². The molecule has 0 N–H and O–H groups in total. The van der Waals surface area contributed by atoms with Gasteiger partial charge < -0.3 is 4.57 Å². The molecule has 0 amide bonds. The van der Waals surface area contributed by atoms with Crippen molar-refractivity contribution in [2.45, 2.75) is 32.5 Å². The van der Waals surface area contributed by atoms with E-state index in [0.717, 1.165) is 39.5 Å². The monoisotopic (exact) mass is 362 g/mol. The zero-order valence-electron chi connectivity index (χ0n) is 15.3. The summed E-state index contributed by atoms with van der Waals surface area (Å²) in [7, 11) is 0. The summed E-state index contributed by atoms with van der Waals surface area (Å²) in [5.74, 6) is 1.59. The van der Waals surface area contributed by atoms with Crippen molar-refractivity contribution in [2.75, 3.05) is 5.75 Å². The first-order chi connectivity index (χ1) is 12.6. The molecule has 0 atom stereocenters. The smallest absolute Gasteiger partial charge is 0.211 e. The fraction of sp³-hybridized carbons (Fsp3) is 0.286. The molecule has 0 saturated carbocycles. The van der Waals surface area contributed by atoms with Crippen LogP contribution >= 0.6 is 11.8 Å². The van der Waals surface area contributed by atoms with E-state index in [1.54, 1.807) is 11.8 Å². The number of hydrogen-bond acceptors (Lipinski definition) is 4. The van der Waals surface area contributed by atoms with E-state index in [2.05, 4.69) is 78.0 Å². The summed E-state index contributed by atoms with van der Waals surface area (Å²) in [5, 5.41) is 10.8. The lowest BCUT2D eigenvalue weighted by atomic mass is 10.1. The summed E-state index contributed by atoms with van der Waals surface area (Å²) < 4.78 is 2.26. The van der Waals surface area contributed by atoms with Gasteiger partial charge in [-0.05, 0) is 30.5 Å². The normalized spacial score (nSPS) is 11.7. The number of nitrogens with zero attached hydrogens (tertiary/aromatic N) is 4. The van der Waals surface area contributed by atoms with Crippen LogP contribution in [0.15, 0.2) is 53.7 Å². The lowest BCUT2D eigenvalue weighted by molar-refractivity contribution is 0.745. The Balaban J connectivity index is 1.88. The van der Waals surface area contributed by atoms with Crippen molar-refractivity contribution in [2.24, 2.45) is 5.92 Å². The standard InChI is InChI=1S/C21H22N4S/c1-14(2)13-26-21-22-20-19(23-24-21)17-11-15(3)9-10-18(17)25(20)12-16-7-5-4-6-8-16/h4-11,14H,12-13H2,1-3H3. The molecule has 4 nitrogen and oxygen atoms in total. The van der Waals surface area contributed by atoms with Crippen LogP contribution in [0.4, 0.5) is 0 Å². The van der Waals surface area contributed by atoms with Gasteiger partial charge >= 0.3 is 0 Å². The van der Waals surface area contributed by atoms with Crippen LogP contribution in [0.2, 0.25) is 0 Å². The first-order valence-corrected chi connectivity index (χ1v) is 9.90. The second kappa shape index (κ2) is 7.08. The van der Waals surface area contributed by atoms with E-state index >= 15 is 0 Å². The zero-order chi connectivity index (χ0) is 18.1. The van der Waals surface area contributed by atoms with Gasteiger partial charge in [0.1, 0.15) is 5.52 Å². The van der Waals surface area contributed by atoms with E-state index in [4.69, 9.17) is 4.98 Å². The van der Waals surface area contributed by atoms with Gasteiger partial charge in [0, 0.05) is 17.7 Å². The number of rotatable bonds is 5. The maximum absolute atomic E-state index is 4.86. The lowest BCUT2D eigenvalue weighted by Gasteiger charge is -2.08. The van der Waals surface area contributed by atoms with Crippen molar-refractivity contribution in [3.05, 3.63) is 59.7 Å². The predicted octanol–water partition coefficient (Wildman–Crippen LogP) is 5.08. The molecule has 2 aromatic carbocycles. The molecule has 2 aromatic heterocycles. The Morgan fingerprint density at radius 2 is 1.85 bits per heavy atom. The molecule has 0 saturated heterocycles. The van der Waals surface area contributed by atoms with Crippen molar-refractivity contribution < 1.29 is 0 Å². The van der Waals surface area contributed by atoms with Gasteiger partial charge in [-0.1, -0.05) is 67.6 Å². The summed E-state index contributed by atoms with van der Waals surface area (Å²) in [6.07, 6.45) is 0. The van der Waals surface area contributed by atoms with Crippen LogP contribution in [0.3, 0.4) is 0 Å². The molecule has 0 bridgehead atoms. The molecule has 2 heterocycles. The number of thioether (sulfide) groups is 1. The third-order valence-electron chi connectivity index (χ3n) is 4.33. The quantitative estimate of drug-likeness (QED) is 0.464. The first-order valence-electron chi connectivity index (χ1n) is 8.92. The molecule has 5 heteroatoms. The molecule has 0 aliphatic carbocycles. The highest BCUT2D eigenvalue weighted by Crippen LogP contribution is 2.29. The molecule has 0 aliphatic heterocycles. The molecule has 0 radical (unpaired) electrons. The van der Waals surface area contributed by atoms with Gasteiger partial charge in [-0.3, -0.25) is 0 Å². The fourth-order valence-electron chi connectivity index (χ4n) is 3.08. The third kappa shape index (κ3) is 3.31. The SMILES string of the molecule is Cc1ccc2c(c1)c1nnc(SCC(C)C)nc1n2Cc1ccccc1. The predicted molar refractivity (Wildman–Crippen MR) is 109 cm³/mol. The number of fused-ring (bicyclic) bond motifs is 3. The van der Waals surface area contributed by atoms with Gasteiger partial charge in [0.2, 0.25) is 5.16 Å². The van der Waals surface area contributed by atoms with E-state index in [1.165, 1.54) is 11.1 Å². The molecule has 0 aliphatic rings. The Morgan fingerprint density at radius 1 is 1.04 bits per heavy atom. The Morgan fingerprint density at radius 3 is 2.62 bits per heavy atom. The Bertz CT molecular complexity index is 1050. The highest BCUT2D eigenvalue weighted by Gasteiger charge is 2.15. The molecule has 4 aromatic rings.